The van der Waals surface area contributed by atoms with Gasteiger partial charge in [0.25, 0.3) is 5.78 Å². The Labute approximate surface area is 83.1 Å². The summed E-state index contributed by atoms with van der Waals surface area (Å²) in [6.07, 6.45) is 0. The van der Waals surface area contributed by atoms with Gasteiger partial charge in [-0.3, -0.25) is 4.79 Å². The molecule has 0 spiro atoms. The normalized spacial score (nSPS) is 9.80. The van der Waals surface area contributed by atoms with E-state index in [0.29, 0.717) is 12.1 Å². The summed E-state index contributed by atoms with van der Waals surface area (Å²) in [5, 5.41) is 8.34. The highest BCUT2D eigenvalue weighted by atomic mass is 19.1. The van der Waals surface area contributed by atoms with Crippen LogP contribution in [0.1, 0.15) is 10.4 Å². The maximum absolute atomic E-state index is 13.0. The minimum atomic E-state index is -1.82. The Morgan fingerprint density at radius 1 is 1.27 bits per heavy atom. The standard InChI is InChI=1S/C9H6F2O4/c1-15-7-2-4(8(12)9(13)14)5(10)3-6(7)11/h2-3H,1H3,(H,13,14). The first-order valence-corrected chi connectivity index (χ1v) is 3.78. The van der Waals surface area contributed by atoms with E-state index in [2.05, 4.69) is 4.74 Å². The summed E-state index contributed by atoms with van der Waals surface area (Å²) in [7, 11) is 1.12. The van der Waals surface area contributed by atoms with Crippen LogP contribution in [0.25, 0.3) is 0 Å². The smallest absolute Gasteiger partial charge is 0.377 e. The van der Waals surface area contributed by atoms with E-state index in [9.17, 15) is 18.4 Å². The van der Waals surface area contributed by atoms with Gasteiger partial charge in [-0.1, -0.05) is 0 Å². The van der Waals surface area contributed by atoms with Crippen LogP contribution in [0.3, 0.4) is 0 Å². The zero-order chi connectivity index (χ0) is 11.6. The fraction of sp³-hybridized carbons (Fsp3) is 0.111. The van der Waals surface area contributed by atoms with E-state index in [1.165, 1.54) is 0 Å². The number of carboxylic acids is 1. The van der Waals surface area contributed by atoms with Crippen LogP contribution >= 0.6 is 0 Å². The summed E-state index contributed by atoms with van der Waals surface area (Å²) in [6.45, 7) is 0. The average molecular weight is 216 g/mol. The van der Waals surface area contributed by atoms with E-state index in [1.54, 1.807) is 0 Å². The molecule has 0 aliphatic carbocycles. The lowest BCUT2D eigenvalue weighted by molar-refractivity contribution is -0.131. The lowest BCUT2D eigenvalue weighted by Gasteiger charge is -2.04. The second-order valence-corrected chi connectivity index (χ2v) is 2.60. The Morgan fingerprint density at radius 2 is 1.87 bits per heavy atom. The fourth-order valence-electron chi connectivity index (χ4n) is 0.975. The van der Waals surface area contributed by atoms with Crippen molar-refractivity contribution in [1.82, 2.24) is 0 Å². The molecule has 0 unspecified atom stereocenters. The number of aliphatic carboxylic acids is 1. The predicted molar refractivity (Wildman–Crippen MR) is 44.9 cm³/mol. The van der Waals surface area contributed by atoms with Crippen molar-refractivity contribution in [1.29, 1.82) is 0 Å². The van der Waals surface area contributed by atoms with Crippen LogP contribution in [0.2, 0.25) is 0 Å². The van der Waals surface area contributed by atoms with Crippen molar-refractivity contribution in [3.05, 3.63) is 29.3 Å². The van der Waals surface area contributed by atoms with Gasteiger partial charge >= 0.3 is 5.97 Å². The second kappa shape index (κ2) is 4.04. The number of hydrogen-bond donors (Lipinski definition) is 1. The molecule has 0 aliphatic heterocycles. The molecule has 0 radical (unpaired) electrons. The Bertz CT molecular complexity index is 428. The summed E-state index contributed by atoms with van der Waals surface area (Å²) < 4.78 is 30.4. The van der Waals surface area contributed by atoms with Crippen molar-refractivity contribution < 1.29 is 28.2 Å². The van der Waals surface area contributed by atoms with E-state index in [-0.39, 0.29) is 5.75 Å². The van der Waals surface area contributed by atoms with Crippen molar-refractivity contribution >= 4 is 11.8 Å². The molecule has 0 amide bonds. The monoisotopic (exact) mass is 216 g/mol. The minimum Gasteiger partial charge on any atom is -0.494 e. The molecular weight excluding hydrogens is 210 g/mol. The summed E-state index contributed by atoms with van der Waals surface area (Å²) in [5.41, 5.74) is -0.735. The Kier molecular flexibility index (Phi) is 2.99. The Morgan fingerprint density at radius 3 is 2.33 bits per heavy atom. The van der Waals surface area contributed by atoms with Crippen LogP contribution in [0.5, 0.6) is 5.75 Å². The largest absolute Gasteiger partial charge is 0.494 e. The number of benzene rings is 1. The number of methoxy groups -OCH3 is 1. The van der Waals surface area contributed by atoms with Gasteiger partial charge in [-0.05, 0) is 6.07 Å². The number of halogens is 2. The van der Waals surface area contributed by atoms with Crippen molar-refractivity contribution in [2.75, 3.05) is 7.11 Å². The molecule has 0 saturated carbocycles. The number of rotatable bonds is 3. The molecule has 1 aromatic carbocycles. The third-order valence-corrected chi connectivity index (χ3v) is 1.68. The molecule has 0 aromatic heterocycles. The molecule has 0 fully saturated rings. The van der Waals surface area contributed by atoms with Gasteiger partial charge in [-0.25, -0.2) is 13.6 Å². The molecule has 0 bridgehead atoms. The van der Waals surface area contributed by atoms with Gasteiger partial charge in [-0.15, -0.1) is 0 Å². The number of Topliss-reactive ketones (excluding diaryl/α,β-unsaturated/α-hetero) is 1. The fourth-order valence-corrected chi connectivity index (χ4v) is 0.975. The van der Waals surface area contributed by atoms with Crippen molar-refractivity contribution in [3.63, 3.8) is 0 Å². The van der Waals surface area contributed by atoms with Gasteiger partial charge in [0.1, 0.15) is 5.82 Å². The van der Waals surface area contributed by atoms with Crippen molar-refractivity contribution in [2.24, 2.45) is 0 Å². The molecule has 80 valence electrons. The van der Waals surface area contributed by atoms with Gasteiger partial charge in [0.15, 0.2) is 11.6 Å². The van der Waals surface area contributed by atoms with E-state index in [0.717, 1.165) is 7.11 Å². The van der Waals surface area contributed by atoms with Crippen LogP contribution in [0.4, 0.5) is 8.78 Å². The Hall–Kier alpha value is -1.98. The van der Waals surface area contributed by atoms with Gasteiger partial charge in [0, 0.05) is 6.07 Å². The summed E-state index contributed by atoms with van der Waals surface area (Å²) >= 11 is 0. The zero-order valence-electron chi connectivity index (χ0n) is 7.58. The molecule has 6 heteroatoms. The molecule has 0 aliphatic rings. The topological polar surface area (TPSA) is 63.6 Å². The summed E-state index contributed by atoms with van der Waals surface area (Å²) in [6, 6.07) is 1.11. The first-order valence-electron chi connectivity index (χ1n) is 3.78. The summed E-state index contributed by atoms with van der Waals surface area (Å²) in [4.78, 5) is 21.2. The van der Waals surface area contributed by atoms with Crippen molar-refractivity contribution in [3.8, 4) is 5.75 Å². The van der Waals surface area contributed by atoms with Crippen molar-refractivity contribution in [2.45, 2.75) is 0 Å². The molecule has 0 saturated heterocycles. The third kappa shape index (κ3) is 2.09. The molecule has 4 nitrogen and oxygen atoms in total. The number of ketones is 1. The zero-order valence-corrected chi connectivity index (χ0v) is 7.58. The maximum atomic E-state index is 13.0. The highest BCUT2D eigenvalue weighted by Crippen LogP contribution is 2.21. The van der Waals surface area contributed by atoms with Crippen LogP contribution in [-0.2, 0) is 4.79 Å². The highest BCUT2D eigenvalue weighted by molar-refractivity contribution is 6.39. The first kappa shape index (κ1) is 11.1. The molecule has 15 heavy (non-hydrogen) atoms. The number of carbonyl (C=O) groups is 2. The molecule has 1 N–H and O–H groups in total. The van der Waals surface area contributed by atoms with Crippen LogP contribution < -0.4 is 4.74 Å². The van der Waals surface area contributed by atoms with Gasteiger partial charge in [0.2, 0.25) is 0 Å². The Balaban J connectivity index is 3.30. The van der Waals surface area contributed by atoms with E-state index < -0.39 is 29.0 Å². The lowest BCUT2D eigenvalue weighted by Crippen LogP contribution is -2.15. The highest BCUT2D eigenvalue weighted by Gasteiger charge is 2.21. The molecule has 0 atom stereocenters. The SMILES string of the molecule is COc1cc(C(=O)C(=O)O)c(F)cc1F. The van der Waals surface area contributed by atoms with Crippen LogP contribution in [0, 0.1) is 11.6 Å². The maximum Gasteiger partial charge on any atom is 0.377 e. The molecule has 1 aromatic rings. The first-order chi connectivity index (χ1) is 6.97. The number of hydrogen-bond acceptors (Lipinski definition) is 3. The minimum absolute atomic E-state index is 0.388. The van der Waals surface area contributed by atoms with Crippen LogP contribution in [0.15, 0.2) is 12.1 Å². The van der Waals surface area contributed by atoms with Gasteiger partial charge in [-0.2, -0.15) is 0 Å². The third-order valence-electron chi connectivity index (χ3n) is 1.68. The van der Waals surface area contributed by atoms with E-state index in [4.69, 9.17) is 5.11 Å². The number of carbonyl (C=O) groups excluding carboxylic acids is 1. The molecule has 1 rings (SSSR count). The van der Waals surface area contributed by atoms with E-state index >= 15 is 0 Å². The van der Waals surface area contributed by atoms with Gasteiger partial charge < -0.3 is 9.84 Å². The number of ether oxygens (including phenoxy) is 1. The quantitative estimate of drug-likeness (QED) is 0.609. The average Bonchev–Trinajstić information content (AvgIpc) is 2.17. The van der Waals surface area contributed by atoms with E-state index in [1.807, 2.05) is 0 Å². The van der Waals surface area contributed by atoms with Crippen LogP contribution in [-0.4, -0.2) is 24.0 Å². The summed E-state index contributed by atoms with van der Waals surface area (Å²) in [5.74, 6) is -5.90. The lowest BCUT2D eigenvalue weighted by atomic mass is 10.1. The van der Waals surface area contributed by atoms with Gasteiger partial charge in [0.05, 0.1) is 12.7 Å². The molecule has 0 heterocycles. The predicted octanol–water partition coefficient (Wildman–Crippen LogP) is 1.24. The second-order valence-electron chi connectivity index (χ2n) is 2.60. The molecular formula is C9H6F2O4. The number of carboxylic acid groups (broad SMARTS) is 1.